The molecule has 2 amide bonds. The van der Waals surface area contributed by atoms with E-state index in [1.165, 1.54) is 33.5 Å². The number of nitrogens with zero attached hydrogens (tertiary/aromatic N) is 3. The summed E-state index contributed by atoms with van der Waals surface area (Å²) in [5.41, 5.74) is 1.45. The van der Waals surface area contributed by atoms with Gasteiger partial charge in [-0.3, -0.25) is 29.5 Å². The number of hydrogen-bond donors (Lipinski definition) is 0. The highest BCUT2D eigenvalue weighted by Crippen LogP contribution is 2.36. The molecule has 2 aliphatic rings. The molecule has 2 aromatic rings. The molecular weight excluding hydrogens is 354 g/mol. The first-order valence-electron chi connectivity index (χ1n) is 8.46. The minimum Gasteiger partial charge on any atom is -0.278 e. The number of carbonyl (C=O) groups is 2. The molecule has 1 aromatic carbocycles. The highest BCUT2D eigenvalue weighted by molar-refractivity contribution is 7.10. The largest absolute Gasteiger partial charge is 0.278 e. The van der Waals surface area contributed by atoms with Crippen LogP contribution in [0.3, 0.4) is 0 Å². The maximum absolute atomic E-state index is 12.7. The molecule has 26 heavy (non-hydrogen) atoms. The van der Waals surface area contributed by atoms with Crippen molar-refractivity contribution in [1.82, 2.24) is 9.80 Å². The molecule has 0 saturated heterocycles. The second-order valence-electron chi connectivity index (χ2n) is 6.45. The van der Waals surface area contributed by atoms with Gasteiger partial charge in [-0.05, 0) is 35.9 Å². The molecule has 0 saturated carbocycles. The van der Waals surface area contributed by atoms with Crippen LogP contribution >= 0.6 is 11.3 Å². The molecule has 0 radical (unpaired) electrons. The molecule has 0 bridgehead atoms. The van der Waals surface area contributed by atoms with Crippen LogP contribution in [-0.4, -0.2) is 39.8 Å². The second-order valence-corrected chi connectivity index (χ2v) is 7.45. The van der Waals surface area contributed by atoms with Crippen LogP contribution in [0.15, 0.2) is 29.6 Å². The van der Waals surface area contributed by atoms with Crippen molar-refractivity contribution in [3.8, 4) is 0 Å². The van der Waals surface area contributed by atoms with Gasteiger partial charge in [0.15, 0.2) is 0 Å². The molecule has 7 nitrogen and oxygen atoms in total. The first kappa shape index (κ1) is 16.9. The Morgan fingerprint density at radius 2 is 2.00 bits per heavy atom. The van der Waals surface area contributed by atoms with Gasteiger partial charge in [0.1, 0.15) is 0 Å². The zero-order valence-corrected chi connectivity index (χ0v) is 15.0. The maximum atomic E-state index is 12.7. The summed E-state index contributed by atoms with van der Waals surface area (Å²) in [4.78, 5) is 40.5. The van der Waals surface area contributed by atoms with E-state index >= 15 is 0 Å². The fourth-order valence-electron chi connectivity index (χ4n) is 3.80. The third-order valence-electron chi connectivity index (χ3n) is 5.08. The summed E-state index contributed by atoms with van der Waals surface area (Å²) in [6.07, 6.45) is 1.79. The highest BCUT2D eigenvalue weighted by Gasteiger charge is 2.39. The SMILES string of the molecule is CC[C@H]1c2ccsc2CCN1CN1C(=O)c2ccc([N+](=O)[O-])cc2C1=O. The lowest BCUT2D eigenvalue weighted by atomic mass is 9.98. The summed E-state index contributed by atoms with van der Waals surface area (Å²) in [6.45, 7) is 3.07. The van der Waals surface area contributed by atoms with Crippen LogP contribution < -0.4 is 0 Å². The Labute approximate surface area is 154 Å². The van der Waals surface area contributed by atoms with Gasteiger partial charge in [0.2, 0.25) is 0 Å². The first-order valence-corrected chi connectivity index (χ1v) is 9.34. The third kappa shape index (κ3) is 2.53. The Balaban J connectivity index is 1.60. The van der Waals surface area contributed by atoms with E-state index in [9.17, 15) is 19.7 Å². The van der Waals surface area contributed by atoms with Crippen molar-refractivity contribution in [2.75, 3.05) is 13.2 Å². The molecule has 0 fully saturated rings. The van der Waals surface area contributed by atoms with E-state index in [2.05, 4.69) is 23.3 Å². The summed E-state index contributed by atoms with van der Waals surface area (Å²) in [7, 11) is 0. The third-order valence-corrected chi connectivity index (χ3v) is 6.08. The Kier molecular flexibility index (Phi) is 4.08. The number of benzene rings is 1. The number of non-ortho nitro benzene ring substituents is 1. The van der Waals surface area contributed by atoms with Crippen LogP contribution in [0, 0.1) is 10.1 Å². The molecule has 0 unspecified atom stereocenters. The quantitative estimate of drug-likeness (QED) is 0.468. The average Bonchev–Trinajstić information content (AvgIpc) is 3.20. The number of nitro benzene ring substituents is 1. The van der Waals surface area contributed by atoms with Crippen LogP contribution in [-0.2, 0) is 6.42 Å². The van der Waals surface area contributed by atoms with Gasteiger partial charge in [-0.1, -0.05) is 6.92 Å². The summed E-state index contributed by atoms with van der Waals surface area (Å²) in [5, 5.41) is 13.0. The minimum atomic E-state index is -0.559. The van der Waals surface area contributed by atoms with Gasteiger partial charge in [0, 0.05) is 29.6 Å². The summed E-state index contributed by atoms with van der Waals surface area (Å²) >= 11 is 1.75. The normalized spacial score (nSPS) is 19.6. The van der Waals surface area contributed by atoms with Crippen LogP contribution in [0.2, 0.25) is 0 Å². The Morgan fingerprint density at radius 3 is 2.73 bits per heavy atom. The number of thiophene rings is 1. The second kappa shape index (κ2) is 6.30. The molecule has 0 N–H and O–H groups in total. The van der Waals surface area contributed by atoms with E-state index in [4.69, 9.17) is 0 Å². The average molecular weight is 371 g/mol. The predicted molar refractivity (Wildman–Crippen MR) is 96.2 cm³/mol. The summed E-state index contributed by atoms with van der Waals surface area (Å²) in [6, 6.07) is 6.12. The lowest BCUT2D eigenvalue weighted by molar-refractivity contribution is -0.384. The van der Waals surface area contributed by atoms with Gasteiger partial charge >= 0.3 is 0 Å². The number of hydrogen-bond acceptors (Lipinski definition) is 6. The number of fused-ring (bicyclic) bond motifs is 2. The molecule has 0 spiro atoms. The lowest BCUT2D eigenvalue weighted by Crippen LogP contribution is -2.45. The highest BCUT2D eigenvalue weighted by atomic mass is 32.1. The van der Waals surface area contributed by atoms with Gasteiger partial charge in [-0.25, -0.2) is 0 Å². The van der Waals surface area contributed by atoms with Gasteiger partial charge in [0.05, 0.1) is 22.7 Å². The smallest absolute Gasteiger partial charge is 0.270 e. The molecular formula is C18H17N3O4S. The Morgan fingerprint density at radius 1 is 1.23 bits per heavy atom. The molecule has 0 aliphatic carbocycles. The van der Waals surface area contributed by atoms with Crippen molar-refractivity contribution < 1.29 is 14.5 Å². The molecule has 1 atom stereocenters. The fraction of sp³-hybridized carbons (Fsp3) is 0.333. The monoisotopic (exact) mass is 371 g/mol. The molecule has 2 aliphatic heterocycles. The van der Waals surface area contributed by atoms with Crippen LogP contribution in [0.5, 0.6) is 0 Å². The van der Waals surface area contributed by atoms with Crippen LogP contribution in [0.25, 0.3) is 0 Å². The van der Waals surface area contributed by atoms with Gasteiger partial charge in [0.25, 0.3) is 17.5 Å². The topological polar surface area (TPSA) is 83.8 Å². The molecule has 3 heterocycles. The summed E-state index contributed by atoms with van der Waals surface area (Å²) in [5.74, 6) is -0.842. The molecule has 4 rings (SSSR count). The van der Waals surface area contributed by atoms with E-state index < -0.39 is 10.8 Å². The Hall–Kier alpha value is -2.58. The van der Waals surface area contributed by atoms with E-state index in [0.29, 0.717) is 0 Å². The number of nitro groups is 1. The fourth-order valence-corrected chi connectivity index (χ4v) is 4.73. The van der Waals surface area contributed by atoms with Gasteiger partial charge in [-0.15, -0.1) is 11.3 Å². The summed E-state index contributed by atoms with van der Waals surface area (Å²) < 4.78 is 0. The number of carbonyl (C=O) groups excluding carboxylic acids is 2. The van der Waals surface area contributed by atoms with Crippen LogP contribution in [0.1, 0.15) is 50.5 Å². The van der Waals surface area contributed by atoms with Crippen molar-refractivity contribution in [2.45, 2.75) is 25.8 Å². The lowest BCUT2D eigenvalue weighted by Gasteiger charge is -2.37. The van der Waals surface area contributed by atoms with Gasteiger partial charge in [-0.2, -0.15) is 0 Å². The standard InChI is InChI=1S/C18H17N3O4S/c1-2-15-13-6-8-26-16(13)5-7-19(15)10-20-17(22)12-4-3-11(21(24)25)9-14(12)18(20)23/h3-4,6,8-9,15H,2,5,7,10H2,1H3/t15-/m0/s1. The van der Waals surface area contributed by atoms with E-state index in [0.717, 1.165) is 19.4 Å². The molecule has 1 aromatic heterocycles. The van der Waals surface area contributed by atoms with E-state index in [-0.39, 0.29) is 35.4 Å². The predicted octanol–water partition coefficient (Wildman–Crippen LogP) is 3.22. The number of rotatable bonds is 4. The van der Waals surface area contributed by atoms with Crippen LogP contribution in [0.4, 0.5) is 5.69 Å². The first-order chi connectivity index (χ1) is 12.5. The van der Waals surface area contributed by atoms with Crippen molar-refractivity contribution in [3.05, 3.63) is 61.3 Å². The van der Waals surface area contributed by atoms with Crippen molar-refractivity contribution >= 4 is 28.8 Å². The van der Waals surface area contributed by atoms with Gasteiger partial charge < -0.3 is 0 Å². The molecule has 134 valence electrons. The number of imide groups is 1. The van der Waals surface area contributed by atoms with E-state index in [1.54, 1.807) is 11.3 Å². The number of amides is 2. The zero-order chi connectivity index (χ0) is 18.4. The van der Waals surface area contributed by atoms with Crippen molar-refractivity contribution in [3.63, 3.8) is 0 Å². The van der Waals surface area contributed by atoms with Crippen molar-refractivity contribution in [2.24, 2.45) is 0 Å². The van der Waals surface area contributed by atoms with Crippen molar-refractivity contribution in [1.29, 1.82) is 0 Å². The zero-order valence-electron chi connectivity index (χ0n) is 14.2. The maximum Gasteiger partial charge on any atom is 0.270 e. The Bertz CT molecular complexity index is 923. The minimum absolute atomic E-state index is 0.116. The van der Waals surface area contributed by atoms with E-state index in [1.807, 2.05) is 0 Å². The molecule has 8 heteroatoms.